The maximum Gasteiger partial charge on any atom is 0.0316 e. The SMILES string of the molecule is CCCCCCCCc1cc(N)ccc1CCC. The molecular formula is C17H29N. The van der Waals surface area contributed by atoms with Crippen molar-refractivity contribution in [1.29, 1.82) is 0 Å². The minimum atomic E-state index is 0.913. The van der Waals surface area contributed by atoms with E-state index in [1.54, 1.807) is 0 Å². The molecule has 0 saturated carbocycles. The third-order valence-electron chi connectivity index (χ3n) is 3.55. The van der Waals surface area contributed by atoms with Crippen LogP contribution in [0.5, 0.6) is 0 Å². The summed E-state index contributed by atoms with van der Waals surface area (Å²) < 4.78 is 0. The minimum Gasteiger partial charge on any atom is -0.399 e. The molecule has 0 fully saturated rings. The van der Waals surface area contributed by atoms with Crippen molar-refractivity contribution >= 4 is 5.69 Å². The van der Waals surface area contributed by atoms with Gasteiger partial charge in [0.05, 0.1) is 0 Å². The van der Waals surface area contributed by atoms with Gasteiger partial charge in [0.1, 0.15) is 0 Å². The van der Waals surface area contributed by atoms with Crippen LogP contribution in [-0.2, 0) is 12.8 Å². The summed E-state index contributed by atoms with van der Waals surface area (Å²) in [5.41, 5.74) is 9.79. The second kappa shape index (κ2) is 9.02. The number of nitrogens with two attached hydrogens (primary N) is 1. The molecule has 0 aliphatic carbocycles. The molecular weight excluding hydrogens is 218 g/mol. The van der Waals surface area contributed by atoms with Crippen LogP contribution in [0.25, 0.3) is 0 Å². The molecule has 0 spiro atoms. The van der Waals surface area contributed by atoms with Gasteiger partial charge in [0, 0.05) is 5.69 Å². The van der Waals surface area contributed by atoms with Gasteiger partial charge in [-0.25, -0.2) is 0 Å². The van der Waals surface area contributed by atoms with Crippen LogP contribution in [0, 0.1) is 0 Å². The van der Waals surface area contributed by atoms with Crippen molar-refractivity contribution in [2.45, 2.75) is 71.6 Å². The van der Waals surface area contributed by atoms with E-state index in [0.717, 1.165) is 5.69 Å². The highest BCUT2D eigenvalue weighted by molar-refractivity contribution is 5.44. The maximum atomic E-state index is 5.89. The monoisotopic (exact) mass is 247 g/mol. The number of aryl methyl sites for hydroxylation is 2. The molecule has 102 valence electrons. The van der Waals surface area contributed by atoms with Crippen molar-refractivity contribution in [2.24, 2.45) is 0 Å². The zero-order valence-corrected chi connectivity index (χ0v) is 12.2. The Labute approximate surface area is 113 Å². The van der Waals surface area contributed by atoms with Crippen LogP contribution in [0.4, 0.5) is 5.69 Å². The van der Waals surface area contributed by atoms with Crippen LogP contribution < -0.4 is 5.73 Å². The van der Waals surface area contributed by atoms with Gasteiger partial charge in [-0.15, -0.1) is 0 Å². The van der Waals surface area contributed by atoms with Crippen LogP contribution in [0.3, 0.4) is 0 Å². The average molecular weight is 247 g/mol. The molecule has 1 aromatic carbocycles. The Hall–Kier alpha value is -0.980. The van der Waals surface area contributed by atoms with E-state index in [9.17, 15) is 0 Å². The number of hydrogen-bond donors (Lipinski definition) is 1. The minimum absolute atomic E-state index is 0.913. The number of benzene rings is 1. The standard InChI is InChI=1S/C17H29N/c1-3-5-6-7-8-9-11-16-14-17(18)13-12-15(16)10-4-2/h12-14H,3-11,18H2,1-2H3. The molecule has 0 amide bonds. The fourth-order valence-electron chi connectivity index (χ4n) is 2.49. The van der Waals surface area contributed by atoms with E-state index in [2.05, 4.69) is 26.0 Å². The Balaban J connectivity index is 2.37. The molecule has 0 aliphatic heterocycles. The largest absolute Gasteiger partial charge is 0.399 e. The van der Waals surface area contributed by atoms with Gasteiger partial charge < -0.3 is 5.73 Å². The molecule has 2 N–H and O–H groups in total. The van der Waals surface area contributed by atoms with Gasteiger partial charge in [0.2, 0.25) is 0 Å². The number of nitrogen functional groups attached to an aromatic ring is 1. The number of rotatable bonds is 9. The van der Waals surface area contributed by atoms with Crippen molar-refractivity contribution in [1.82, 2.24) is 0 Å². The lowest BCUT2D eigenvalue weighted by Gasteiger charge is -2.10. The van der Waals surface area contributed by atoms with Crippen LogP contribution in [0.2, 0.25) is 0 Å². The fourth-order valence-corrected chi connectivity index (χ4v) is 2.49. The fraction of sp³-hybridized carbons (Fsp3) is 0.647. The molecule has 18 heavy (non-hydrogen) atoms. The van der Waals surface area contributed by atoms with Crippen LogP contribution >= 0.6 is 0 Å². The third-order valence-corrected chi connectivity index (χ3v) is 3.55. The van der Waals surface area contributed by atoms with E-state index in [0.29, 0.717) is 0 Å². The summed E-state index contributed by atoms with van der Waals surface area (Å²) in [4.78, 5) is 0. The van der Waals surface area contributed by atoms with E-state index < -0.39 is 0 Å². The molecule has 0 heterocycles. The van der Waals surface area contributed by atoms with Gasteiger partial charge in [0.25, 0.3) is 0 Å². The number of anilines is 1. The number of unbranched alkanes of at least 4 members (excludes halogenated alkanes) is 5. The summed E-state index contributed by atoms with van der Waals surface area (Å²) in [6.45, 7) is 4.51. The van der Waals surface area contributed by atoms with Gasteiger partial charge >= 0.3 is 0 Å². The van der Waals surface area contributed by atoms with Gasteiger partial charge in [-0.1, -0.05) is 58.4 Å². The summed E-state index contributed by atoms with van der Waals surface area (Å²) >= 11 is 0. The lowest BCUT2D eigenvalue weighted by molar-refractivity contribution is 0.606. The quantitative estimate of drug-likeness (QED) is 0.475. The lowest BCUT2D eigenvalue weighted by atomic mass is 9.97. The van der Waals surface area contributed by atoms with Crippen molar-refractivity contribution in [2.75, 3.05) is 5.73 Å². The van der Waals surface area contributed by atoms with Gasteiger partial charge in [-0.2, -0.15) is 0 Å². The smallest absolute Gasteiger partial charge is 0.0316 e. The molecule has 1 nitrogen and oxygen atoms in total. The highest BCUT2D eigenvalue weighted by Gasteiger charge is 2.02. The zero-order chi connectivity index (χ0) is 13.2. The molecule has 0 radical (unpaired) electrons. The van der Waals surface area contributed by atoms with Gasteiger partial charge in [-0.05, 0) is 42.5 Å². The molecule has 0 bridgehead atoms. The average Bonchev–Trinajstić information content (AvgIpc) is 2.37. The molecule has 1 rings (SSSR count). The van der Waals surface area contributed by atoms with Crippen molar-refractivity contribution < 1.29 is 0 Å². The Morgan fingerprint density at radius 1 is 0.778 bits per heavy atom. The molecule has 1 heteroatoms. The Morgan fingerprint density at radius 2 is 1.50 bits per heavy atom. The first-order valence-electron chi connectivity index (χ1n) is 7.65. The third kappa shape index (κ3) is 5.57. The van der Waals surface area contributed by atoms with Gasteiger partial charge in [-0.3, -0.25) is 0 Å². The first-order chi connectivity index (χ1) is 8.77. The van der Waals surface area contributed by atoms with E-state index in [-0.39, 0.29) is 0 Å². The second-order valence-electron chi connectivity index (χ2n) is 5.30. The summed E-state index contributed by atoms with van der Waals surface area (Å²) in [5.74, 6) is 0. The number of hydrogen-bond acceptors (Lipinski definition) is 1. The topological polar surface area (TPSA) is 26.0 Å². The van der Waals surface area contributed by atoms with Crippen LogP contribution in [0.1, 0.15) is 69.9 Å². The van der Waals surface area contributed by atoms with E-state index in [1.165, 1.54) is 68.9 Å². The second-order valence-corrected chi connectivity index (χ2v) is 5.30. The Morgan fingerprint density at radius 3 is 2.22 bits per heavy atom. The van der Waals surface area contributed by atoms with Gasteiger partial charge in [0.15, 0.2) is 0 Å². The van der Waals surface area contributed by atoms with Crippen molar-refractivity contribution in [3.8, 4) is 0 Å². The highest BCUT2D eigenvalue weighted by Crippen LogP contribution is 2.18. The van der Waals surface area contributed by atoms with Crippen molar-refractivity contribution in [3.63, 3.8) is 0 Å². The van der Waals surface area contributed by atoms with Crippen LogP contribution in [0.15, 0.2) is 18.2 Å². The maximum absolute atomic E-state index is 5.89. The molecule has 0 atom stereocenters. The molecule has 0 unspecified atom stereocenters. The predicted molar refractivity (Wildman–Crippen MR) is 81.9 cm³/mol. The Kier molecular flexibility index (Phi) is 7.55. The van der Waals surface area contributed by atoms with Crippen LogP contribution in [-0.4, -0.2) is 0 Å². The molecule has 0 aromatic heterocycles. The van der Waals surface area contributed by atoms with Crippen molar-refractivity contribution in [3.05, 3.63) is 29.3 Å². The first-order valence-corrected chi connectivity index (χ1v) is 7.65. The van der Waals surface area contributed by atoms with E-state index >= 15 is 0 Å². The summed E-state index contributed by atoms with van der Waals surface area (Å²) in [6.07, 6.45) is 11.8. The summed E-state index contributed by atoms with van der Waals surface area (Å²) in [6, 6.07) is 6.43. The zero-order valence-electron chi connectivity index (χ0n) is 12.2. The lowest BCUT2D eigenvalue weighted by Crippen LogP contribution is -1.97. The summed E-state index contributed by atoms with van der Waals surface area (Å²) in [5, 5.41) is 0. The van der Waals surface area contributed by atoms with E-state index in [1.807, 2.05) is 6.07 Å². The highest BCUT2D eigenvalue weighted by atomic mass is 14.5. The molecule has 1 aromatic rings. The normalized spacial score (nSPS) is 10.8. The first kappa shape index (κ1) is 15.1. The Bertz CT molecular complexity index is 330. The molecule has 0 saturated heterocycles. The summed E-state index contributed by atoms with van der Waals surface area (Å²) in [7, 11) is 0. The predicted octanol–water partition coefficient (Wildman–Crippen LogP) is 5.12. The van der Waals surface area contributed by atoms with E-state index in [4.69, 9.17) is 5.73 Å². The molecule has 0 aliphatic rings.